The molecule has 21 heavy (non-hydrogen) atoms. The Balaban J connectivity index is 2.41. The molecular weight excluding hydrogens is 356 g/mol. The Kier molecular flexibility index (Phi) is 6.67. The standard InChI is InChI=1S/C14H21BrN2O3S/c1-14(2,3)10(8-12(18)19)17-13(20)16-7-6-9-4-5-11(15)21-9/h4-5,10H,6-8H2,1-3H3,(H,18,19)(H2,16,17,20). The second-order valence-electron chi connectivity index (χ2n) is 5.87. The molecule has 0 spiro atoms. The first-order valence-corrected chi connectivity index (χ1v) is 8.30. The molecule has 0 saturated heterocycles. The molecule has 1 heterocycles. The smallest absolute Gasteiger partial charge is 0.315 e. The zero-order chi connectivity index (χ0) is 16.0. The van der Waals surface area contributed by atoms with E-state index in [1.54, 1.807) is 11.3 Å². The fourth-order valence-corrected chi connectivity index (χ4v) is 3.23. The number of carbonyl (C=O) groups is 2. The van der Waals surface area contributed by atoms with E-state index in [0.29, 0.717) is 6.54 Å². The van der Waals surface area contributed by atoms with Crippen molar-refractivity contribution >= 4 is 39.3 Å². The number of hydrogen-bond donors (Lipinski definition) is 3. The van der Waals surface area contributed by atoms with Gasteiger partial charge in [0.25, 0.3) is 0 Å². The number of halogens is 1. The van der Waals surface area contributed by atoms with Gasteiger partial charge in [0.1, 0.15) is 0 Å². The maximum atomic E-state index is 11.9. The predicted octanol–water partition coefficient (Wildman–Crippen LogP) is 3.24. The van der Waals surface area contributed by atoms with Crippen molar-refractivity contribution in [3.63, 3.8) is 0 Å². The van der Waals surface area contributed by atoms with Gasteiger partial charge in [0, 0.05) is 17.5 Å². The average Bonchev–Trinajstić information content (AvgIpc) is 2.72. The van der Waals surface area contributed by atoms with Crippen molar-refractivity contribution in [1.29, 1.82) is 0 Å². The van der Waals surface area contributed by atoms with Crippen LogP contribution in [0.3, 0.4) is 0 Å². The van der Waals surface area contributed by atoms with Gasteiger partial charge >= 0.3 is 12.0 Å². The summed E-state index contributed by atoms with van der Waals surface area (Å²) in [5.74, 6) is -0.918. The van der Waals surface area contributed by atoms with Gasteiger partial charge in [0.15, 0.2) is 0 Å². The highest BCUT2D eigenvalue weighted by Gasteiger charge is 2.28. The number of urea groups is 1. The topological polar surface area (TPSA) is 78.4 Å². The van der Waals surface area contributed by atoms with Gasteiger partial charge in [0.2, 0.25) is 0 Å². The molecule has 2 amide bonds. The lowest BCUT2D eigenvalue weighted by atomic mass is 9.85. The van der Waals surface area contributed by atoms with E-state index in [4.69, 9.17) is 5.11 Å². The number of amides is 2. The monoisotopic (exact) mass is 376 g/mol. The highest BCUT2D eigenvalue weighted by molar-refractivity contribution is 9.11. The second-order valence-corrected chi connectivity index (χ2v) is 8.42. The number of rotatable bonds is 6. The van der Waals surface area contributed by atoms with E-state index in [2.05, 4.69) is 26.6 Å². The van der Waals surface area contributed by atoms with Crippen molar-refractivity contribution in [1.82, 2.24) is 10.6 Å². The summed E-state index contributed by atoms with van der Waals surface area (Å²) in [5, 5.41) is 14.4. The van der Waals surface area contributed by atoms with Crippen LogP contribution in [-0.4, -0.2) is 29.7 Å². The third-order valence-corrected chi connectivity index (χ3v) is 4.70. The number of carboxylic acid groups (broad SMARTS) is 1. The summed E-state index contributed by atoms with van der Waals surface area (Å²) in [6.07, 6.45) is 0.664. The van der Waals surface area contributed by atoms with E-state index in [0.717, 1.165) is 10.2 Å². The number of nitrogens with one attached hydrogen (secondary N) is 2. The lowest BCUT2D eigenvalue weighted by Gasteiger charge is -2.30. The van der Waals surface area contributed by atoms with E-state index in [-0.39, 0.29) is 17.9 Å². The van der Waals surface area contributed by atoms with Crippen LogP contribution in [0.1, 0.15) is 32.1 Å². The highest BCUT2D eigenvalue weighted by Crippen LogP contribution is 2.22. The Hall–Kier alpha value is -1.08. The van der Waals surface area contributed by atoms with Crippen molar-refractivity contribution in [2.24, 2.45) is 5.41 Å². The average molecular weight is 377 g/mol. The van der Waals surface area contributed by atoms with Gasteiger partial charge in [-0.3, -0.25) is 4.79 Å². The Morgan fingerprint density at radius 3 is 2.52 bits per heavy atom. The largest absolute Gasteiger partial charge is 0.481 e. The molecule has 0 aliphatic heterocycles. The normalized spacial score (nSPS) is 12.8. The van der Waals surface area contributed by atoms with Crippen LogP contribution in [0.2, 0.25) is 0 Å². The molecule has 0 saturated carbocycles. The quantitative estimate of drug-likeness (QED) is 0.712. The summed E-state index contributed by atoms with van der Waals surface area (Å²) in [6, 6.07) is 3.25. The summed E-state index contributed by atoms with van der Waals surface area (Å²) < 4.78 is 1.07. The van der Waals surface area contributed by atoms with Crippen LogP contribution >= 0.6 is 27.3 Å². The third-order valence-electron chi connectivity index (χ3n) is 3.02. The van der Waals surface area contributed by atoms with E-state index in [1.165, 1.54) is 4.88 Å². The van der Waals surface area contributed by atoms with Gasteiger partial charge in [0.05, 0.1) is 10.2 Å². The molecule has 1 aromatic heterocycles. The fraction of sp³-hybridized carbons (Fsp3) is 0.571. The first-order valence-electron chi connectivity index (χ1n) is 6.69. The molecule has 1 aromatic rings. The van der Waals surface area contributed by atoms with Crippen molar-refractivity contribution in [2.75, 3.05) is 6.54 Å². The molecular formula is C14H21BrN2O3S. The number of hydrogen-bond acceptors (Lipinski definition) is 3. The third kappa shape index (κ3) is 6.95. The Bertz CT molecular complexity index is 497. The Morgan fingerprint density at radius 2 is 2.05 bits per heavy atom. The summed E-state index contributed by atoms with van der Waals surface area (Å²) in [4.78, 5) is 23.9. The summed E-state index contributed by atoms with van der Waals surface area (Å²) >= 11 is 5.03. The first-order chi connectivity index (χ1) is 9.68. The number of thiophene rings is 1. The van der Waals surface area contributed by atoms with E-state index in [1.807, 2.05) is 32.9 Å². The molecule has 1 unspecified atom stereocenters. The van der Waals surface area contributed by atoms with E-state index >= 15 is 0 Å². The molecule has 118 valence electrons. The maximum absolute atomic E-state index is 11.9. The van der Waals surface area contributed by atoms with Crippen molar-refractivity contribution in [2.45, 2.75) is 39.7 Å². The van der Waals surface area contributed by atoms with Crippen molar-refractivity contribution < 1.29 is 14.7 Å². The van der Waals surface area contributed by atoms with Crippen molar-refractivity contribution in [3.05, 3.63) is 20.8 Å². The van der Waals surface area contributed by atoms with Gasteiger partial charge in [-0.25, -0.2) is 4.79 Å². The molecule has 3 N–H and O–H groups in total. The van der Waals surface area contributed by atoms with Gasteiger partial charge < -0.3 is 15.7 Å². The first kappa shape index (κ1) is 18.0. The molecule has 1 rings (SSSR count). The second kappa shape index (κ2) is 7.79. The minimum Gasteiger partial charge on any atom is -0.481 e. The highest BCUT2D eigenvalue weighted by atomic mass is 79.9. The molecule has 0 aliphatic rings. The number of carbonyl (C=O) groups excluding carboxylic acids is 1. The Labute approximate surface area is 137 Å². The van der Waals surface area contributed by atoms with Crippen LogP contribution in [0.4, 0.5) is 4.79 Å². The van der Waals surface area contributed by atoms with Gasteiger partial charge in [-0.15, -0.1) is 11.3 Å². The minimum absolute atomic E-state index is 0.0885. The Morgan fingerprint density at radius 1 is 1.38 bits per heavy atom. The summed E-state index contributed by atoms with van der Waals surface area (Å²) in [6.45, 7) is 6.24. The van der Waals surface area contributed by atoms with Crippen LogP contribution in [0.15, 0.2) is 15.9 Å². The minimum atomic E-state index is -0.918. The van der Waals surface area contributed by atoms with E-state index in [9.17, 15) is 9.59 Å². The maximum Gasteiger partial charge on any atom is 0.315 e. The van der Waals surface area contributed by atoms with Crippen LogP contribution in [-0.2, 0) is 11.2 Å². The number of carboxylic acids is 1. The van der Waals surface area contributed by atoms with Gasteiger partial charge in [-0.2, -0.15) is 0 Å². The van der Waals surface area contributed by atoms with Crippen molar-refractivity contribution in [3.8, 4) is 0 Å². The SMILES string of the molecule is CC(C)(C)C(CC(=O)O)NC(=O)NCCc1ccc(Br)s1. The van der Waals surface area contributed by atoms with Gasteiger partial charge in [-0.05, 0) is 39.9 Å². The molecule has 0 aliphatic carbocycles. The molecule has 0 fully saturated rings. The zero-order valence-corrected chi connectivity index (χ0v) is 14.8. The van der Waals surface area contributed by atoms with Crippen LogP contribution in [0.25, 0.3) is 0 Å². The van der Waals surface area contributed by atoms with Crippen LogP contribution in [0.5, 0.6) is 0 Å². The molecule has 7 heteroatoms. The molecule has 0 aromatic carbocycles. The zero-order valence-electron chi connectivity index (χ0n) is 12.4. The van der Waals surface area contributed by atoms with Gasteiger partial charge in [-0.1, -0.05) is 20.8 Å². The molecule has 0 radical (unpaired) electrons. The molecule has 0 bridgehead atoms. The molecule has 1 atom stereocenters. The number of aliphatic carboxylic acids is 1. The lowest BCUT2D eigenvalue weighted by molar-refractivity contribution is -0.138. The summed E-state index contributed by atoms with van der Waals surface area (Å²) in [5.41, 5.74) is -0.311. The lowest BCUT2D eigenvalue weighted by Crippen LogP contribution is -2.49. The molecule has 5 nitrogen and oxygen atoms in total. The van der Waals surface area contributed by atoms with Crippen LogP contribution in [0, 0.1) is 5.41 Å². The predicted molar refractivity (Wildman–Crippen MR) is 87.8 cm³/mol. The summed E-state index contributed by atoms with van der Waals surface area (Å²) in [7, 11) is 0. The fourth-order valence-electron chi connectivity index (χ4n) is 1.74. The van der Waals surface area contributed by atoms with Crippen LogP contribution < -0.4 is 10.6 Å². The van der Waals surface area contributed by atoms with E-state index < -0.39 is 12.0 Å².